The molecule has 7 heteroatoms. The molecule has 0 aromatic heterocycles. The highest BCUT2D eigenvalue weighted by Gasteiger charge is 2.13. The molecule has 0 aliphatic rings. The predicted molar refractivity (Wildman–Crippen MR) is 110 cm³/mol. The van der Waals surface area contributed by atoms with Gasteiger partial charge in [0.1, 0.15) is 5.82 Å². The van der Waals surface area contributed by atoms with Crippen molar-refractivity contribution in [3.05, 3.63) is 88.9 Å². The summed E-state index contributed by atoms with van der Waals surface area (Å²) in [6.07, 6.45) is -0.168. The van der Waals surface area contributed by atoms with E-state index in [1.807, 2.05) is 6.07 Å². The third kappa shape index (κ3) is 6.29. The number of hydrogen-bond acceptors (Lipinski definition) is 4. The van der Waals surface area contributed by atoms with Crippen molar-refractivity contribution in [1.82, 2.24) is 5.01 Å². The summed E-state index contributed by atoms with van der Waals surface area (Å²) in [5.74, 6) is 4.27. The van der Waals surface area contributed by atoms with Crippen LogP contribution in [-0.2, 0) is 11.3 Å². The van der Waals surface area contributed by atoms with E-state index in [-0.39, 0.29) is 12.0 Å². The Morgan fingerprint density at radius 1 is 1.17 bits per heavy atom. The minimum atomic E-state index is -0.960. The molecule has 0 unspecified atom stereocenters. The van der Waals surface area contributed by atoms with Gasteiger partial charge in [0, 0.05) is 16.9 Å². The third-order valence-electron chi connectivity index (χ3n) is 4.34. The zero-order chi connectivity index (χ0) is 21.6. The van der Waals surface area contributed by atoms with Gasteiger partial charge >= 0.3 is 5.97 Å². The summed E-state index contributed by atoms with van der Waals surface area (Å²) in [6.45, 7) is 7.59. The molecule has 0 spiro atoms. The average molecular weight is 397 g/mol. The first kappa shape index (κ1) is 21.8. The molecule has 29 heavy (non-hydrogen) atoms. The minimum absolute atomic E-state index is 0.168. The Bertz CT molecular complexity index is 969. The highest BCUT2D eigenvalue weighted by Crippen LogP contribution is 2.21. The zero-order valence-electron chi connectivity index (χ0n) is 16.4. The van der Waals surface area contributed by atoms with E-state index in [0.717, 1.165) is 11.6 Å². The standard InChI is InChI=1S/C22H24FN3O3/c1-14(2)20(12-21(27)28)15(3)26(24)13-16-6-4-9-19(10-16)25-22(29)17-7-5-8-18(23)11-17/h4-11H,1,12-13,24H2,2-3H3,(H,25,29)(H,27,28)/b20-15-. The van der Waals surface area contributed by atoms with Crippen LogP contribution in [0.2, 0.25) is 0 Å². The van der Waals surface area contributed by atoms with Crippen LogP contribution in [0.3, 0.4) is 0 Å². The lowest BCUT2D eigenvalue weighted by molar-refractivity contribution is -0.136. The molecule has 1 amide bonds. The van der Waals surface area contributed by atoms with Gasteiger partial charge in [0.05, 0.1) is 13.0 Å². The fourth-order valence-corrected chi connectivity index (χ4v) is 2.81. The number of hydrazine groups is 1. The molecule has 2 rings (SSSR count). The van der Waals surface area contributed by atoms with Gasteiger partial charge in [0.2, 0.25) is 0 Å². The average Bonchev–Trinajstić information content (AvgIpc) is 2.65. The Balaban J connectivity index is 2.15. The number of carboxylic acids is 1. The number of rotatable bonds is 8. The smallest absolute Gasteiger partial charge is 0.307 e. The lowest BCUT2D eigenvalue weighted by atomic mass is 10.0. The maximum Gasteiger partial charge on any atom is 0.307 e. The second-order valence-electron chi connectivity index (χ2n) is 6.71. The van der Waals surface area contributed by atoms with Gasteiger partial charge in [0.25, 0.3) is 5.91 Å². The molecule has 4 N–H and O–H groups in total. The number of hydrogen-bond donors (Lipinski definition) is 3. The van der Waals surface area contributed by atoms with E-state index >= 15 is 0 Å². The van der Waals surface area contributed by atoms with Crippen LogP contribution in [0.1, 0.15) is 36.2 Å². The molecule has 2 aromatic carbocycles. The highest BCUT2D eigenvalue weighted by atomic mass is 19.1. The number of amides is 1. The molecule has 0 saturated heterocycles. The maximum atomic E-state index is 13.3. The molecule has 0 aliphatic heterocycles. The quantitative estimate of drug-likeness (QED) is 0.354. The first-order valence-corrected chi connectivity index (χ1v) is 8.93. The molecule has 0 fully saturated rings. The summed E-state index contributed by atoms with van der Waals surface area (Å²) in [5.41, 5.74) is 3.37. The van der Waals surface area contributed by atoms with E-state index in [9.17, 15) is 14.0 Å². The Kier molecular flexibility index (Phi) is 7.27. The Morgan fingerprint density at radius 2 is 1.86 bits per heavy atom. The van der Waals surface area contributed by atoms with Crippen molar-refractivity contribution in [2.75, 3.05) is 5.32 Å². The van der Waals surface area contributed by atoms with Crippen LogP contribution < -0.4 is 11.2 Å². The van der Waals surface area contributed by atoms with Crippen molar-refractivity contribution in [3.8, 4) is 0 Å². The van der Waals surface area contributed by atoms with Gasteiger partial charge in [-0.15, -0.1) is 0 Å². The number of carbonyl (C=O) groups excluding carboxylic acids is 1. The Hall–Kier alpha value is -3.45. The van der Waals surface area contributed by atoms with Crippen molar-refractivity contribution in [2.24, 2.45) is 5.84 Å². The van der Waals surface area contributed by atoms with Crippen LogP contribution in [-0.4, -0.2) is 22.0 Å². The fourth-order valence-electron chi connectivity index (χ4n) is 2.81. The van der Waals surface area contributed by atoms with Crippen LogP contribution in [0, 0.1) is 5.82 Å². The van der Waals surface area contributed by atoms with E-state index in [1.165, 1.54) is 23.2 Å². The van der Waals surface area contributed by atoms with Gasteiger partial charge in [-0.05, 0) is 55.3 Å². The highest BCUT2D eigenvalue weighted by molar-refractivity contribution is 6.04. The molecular formula is C22H24FN3O3. The number of carbonyl (C=O) groups is 2. The molecule has 2 aromatic rings. The molecule has 0 saturated carbocycles. The number of nitrogens with zero attached hydrogens (tertiary/aromatic N) is 1. The van der Waals surface area contributed by atoms with E-state index in [4.69, 9.17) is 10.9 Å². The lowest BCUT2D eigenvalue weighted by Gasteiger charge is -2.23. The monoisotopic (exact) mass is 397 g/mol. The van der Waals surface area contributed by atoms with Gasteiger partial charge in [-0.25, -0.2) is 10.2 Å². The second-order valence-corrected chi connectivity index (χ2v) is 6.71. The summed E-state index contributed by atoms with van der Waals surface area (Å²) < 4.78 is 13.3. The molecular weight excluding hydrogens is 373 g/mol. The third-order valence-corrected chi connectivity index (χ3v) is 4.34. The number of carboxylic acid groups (broad SMARTS) is 1. The van der Waals surface area contributed by atoms with E-state index in [1.54, 1.807) is 32.0 Å². The van der Waals surface area contributed by atoms with Gasteiger partial charge in [-0.2, -0.15) is 0 Å². The summed E-state index contributed by atoms with van der Waals surface area (Å²) in [6, 6.07) is 12.5. The van der Waals surface area contributed by atoms with Crippen LogP contribution in [0.25, 0.3) is 0 Å². The van der Waals surface area contributed by atoms with E-state index in [2.05, 4.69) is 11.9 Å². The molecule has 6 nitrogen and oxygen atoms in total. The van der Waals surface area contributed by atoms with E-state index < -0.39 is 17.7 Å². The number of benzene rings is 2. The molecule has 0 heterocycles. The fraction of sp³-hybridized carbons (Fsp3) is 0.182. The van der Waals surface area contributed by atoms with Crippen LogP contribution in [0.5, 0.6) is 0 Å². The van der Waals surface area contributed by atoms with Gasteiger partial charge in [0.15, 0.2) is 0 Å². The summed E-state index contributed by atoms with van der Waals surface area (Å²) >= 11 is 0. The predicted octanol–water partition coefficient (Wildman–Crippen LogP) is 4.08. The second kappa shape index (κ2) is 9.66. The zero-order valence-corrected chi connectivity index (χ0v) is 16.4. The summed E-state index contributed by atoms with van der Waals surface area (Å²) in [4.78, 5) is 23.4. The van der Waals surface area contributed by atoms with Gasteiger partial charge < -0.3 is 15.4 Å². The lowest BCUT2D eigenvalue weighted by Crippen LogP contribution is -2.30. The molecule has 0 aliphatic carbocycles. The Labute approximate surface area is 169 Å². The van der Waals surface area contributed by atoms with Crippen molar-refractivity contribution < 1.29 is 19.1 Å². The van der Waals surface area contributed by atoms with Crippen molar-refractivity contribution in [1.29, 1.82) is 0 Å². The van der Waals surface area contributed by atoms with Crippen LogP contribution in [0.15, 0.2) is 72.0 Å². The first-order chi connectivity index (χ1) is 13.7. The SMILES string of the molecule is C=C(C)/C(CC(=O)O)=C(/C)N(N)Cc1cccc(NC(=O)c2cccc(F)c2)c1. The summed E-state index contributed by atoms with van der Waals surface area (Å²) in [7, 11) is 0. The van der Waals surface area contributed by atoms with Crippen LogP contribution in [0.4, 0.5) is 10.1 Å². The van der Waals surface area contributed by atoms with Crippen molar-refractivity contribution in [3.63, 3.8) is 0 Å². The normalized spacial score (nSPS) is 11.4. The molecule has 0 atom stereocenters. The minimum Gasteiger partial charge on any atom is -0.481 e. The molecule has 0 radical (unpaired) electrons. The molecule has 152 valence electrons. The topological polar surface area (TPSA) is 95.7 Å². The van der Waals surface area contributed by atoms with E-state index in [0.29, 0.717) is 29.1 Å². The Morgan fingerprint density at radius 3 is 2.48 bits per heavy atom. The number of allylic oxidation sites excluding steroid dienone is 2. The molecule has 0 bridgehead atoms. The van der Waals surface area contributed by atoms with Gasteiger partial charge in [-0.3, -0.25) is 9.59 Å². The number of nitrogens with two attached hydrogens (primary N) is 1. The summed E-state index contributed by atoms with van der Waals surface area (Å²) in [5, 5.41) is 13.3. The first-order valence-electron chi connectivity index (χ1n) is 8.93. The van der Waals surface area contributed by atoms with Gasteiger partial charge in [-0.1, -0.05) is 30.4 Å². The number of halogens is 1. The largest absolute Gasteiger partial charge is 0.481 e. The number of nitrogens with one attached hydrogen (secondary N) is 1. The van der Waals surface area contributed by atoms with Crippen LogP contribution >= 0.6 is 0 Å². The van der Waals surface area contributed by atoms with Crippen molar-refractivity contribution >= 4 is 17.6 Å². The maximum absolute atomic E-state index is 13.3. The number of anilines is 1. The van der Waals surface area contributed by atoms with Crippen molar-refractivity contribution in [2.45, 2.75) is 26.8 Å². The number of aliphatic carboxylic acids is 1.